The minimum Gasteiger partial charge on any atom is -0.403 e. The first-order valence-corrected chi connectivity index (χ1v) is 6.55. The summed E-state index contributed by atoms with van der Waals surface area (Å²) in [5.41, 5.74) is -0.766. The Hall–Kier alpha value is -1.12. The first-order valence-electron chi connectivity index (χ1n) is 6.55. The van der Waals surface area contributed by atoms with Crippen LogP contribution in [0.3, 0.4) is 0 Å². The van der Waals surface area contributed by atoms with Crippen molar-refractivity contribution in [1.82, 2.24) is 0 Å². The molecular weight excluding hydrogens is 244 g/mol. The number of allylic oxidation sites excluding steroid dienone is 4. The van der Waals surface area contributed by atoms with Crippen molar-refractivity contribution in [3.63, 3.8) is 0 Å². The summed E-state index contributed by atoms with van der Waals surface area (Å²) in [5, 5.41) is 8.82. The Bertz CT molecular complexity index is 419. The predicted molar refractivity (Wildman–Crippen MR) is 74.1 cm³/mol. The first-order chi connectivity index (χ1) is 8.73. The highest BCUT2D eigenvalue weighted by molar-refractivity contribution is 6.46. The molecule has 0 aromatic heterocycles. The summed E-state index contributed by atoms with van der Waals surface area (Å²) in [6, 6.07) is 1.85. The van der Waals surface area contributed by atoms with Gasteiger partial charge in [-0.15, -0.1) is 0 Å². The highest BCUT2D eigenvalue weighted by Gasteiger charge is 2.50. The summed E-state index contributed by atoms with van der Waals surface area (Å²) in [4.78, 5) is 0. The van der Waals surface area contributed by atoms with Crippen LogP contribution in [0.25, 0.3) is 0 Å². The fourth-order valence-electron chi connectivity index (χ4n) is 1.77. The molecule has 0 unspecified atom stereocenters. The zero-order valence-corrected chi connectivity index (χ0v) is 12.3. The Kier molecular flexibility index (Phi) is 4.95. The lowest BCUT2D eigenvalue weighted by molar-refractivity contribution is 0.00578. The fourth-order valence-corrected chi connectivity index (χ4v) is 1.77. The molecule has 0 bridgehead atoms. The fraction of sp³-hybridized carbons (Fsp3) is 0.643. The SMILES string of the molecule is CC/C=C(C#N)\C(F)=C/CB1OC(C)(C)C(C)(C)O1. The van der Waals surface area contributed by atoms with Crippen LogP contribution in [0.4, 0.5) is 4.39 Å². The lowest BCUT2D eigenvalue weighted by atomic mass is 9.84. The second kappa shape index (κ2) is 5.89. The van der Waals surface area contributed by atoms with E-state index in [1.807, 2.05) is 40.7 Å². The number of nitrogens with zero attached hydrogens (tertiary/aromatic N) is 1. The van der Waals surface area contributed by atoms with Gasteiger partial charge in [0.1, 0.15) is 11.9 Å². The standard InChI is InChI=1S/C14H21BFNO2/c1-6-7-11(10-17)12(16)8-9-15-18-13(2,3)14(4,5)19-15/h7-8H,6,9H2,1-5H3/b11-7-,12-8+. The second-order valence-corrected chi connectivity index (χ2v) is 5.61. The van der Waals surface area contributed by atoms with Gasteiger partial charge in [-0.1, -0.05) is 13.0 Å². The molecule has 5 heteroatoms. The van der Waals surface area contributed by atoms with Gasteiger partial charge in [-0.3, -0.25) is 0 Å². The molecule has 1 heterocycles. The van der Waals surface area contributed by atoms with Crippen LogP contribution in [0, 0.1) is 11.3 Å². The number of hydrogen-bond acceptors (Lipinski definition) is 3. The Morgan fingerprint density at radius 3 is 2.16 bits per heavy atom. The van der Waals surface area contributed by atoms with E-state index in [9.17, 15) is 4.39 Å². The Morgan fingerprint density at radius 2 is 1.74 bits per heavy atom. The van der Waals surface area contributed by atoms with Crippen molar-refractivity contribution in [2.75, 3.05) is 0 Å². The molecule has 1 fully saturated rings. The van der Waals surface area contributed by atoms with Crippen LogP contribution >= 0.6 is 0 Å². The zero-order chi connectivity index (χ0) is 14.7. The van der Waals surface area contributed by atoms with Crippen LogP contribution in [0.15, 0.2) is 23.6 Å². The average molecular weight is 265 g/mol. The van der Waals surface area contributed by atoms with E-state index >= 15 is 0 Å². The van der Waals surface area contributed by atoms with Gasteiger partial charge in [0.25, 0.3) is 0 Å². The smallest absolute Gasteiger partial charge is 0.403 e. The van der Waals surface area contributed by atoms with Gasteiger partial charge in [-0.2, -0.15) is 5.26 Å². The van der Waals surface area contributed by atoms with Gasteiger partial charge < -0.3 is 9.31 Å². The van der Waals surface area contributed by atoms with E-state index in [-0.39, 0.29) is 5.57 Å². The van der Waals surface area contributed by atoms with Crippen molar-refractivity contribution < 1.29 is 13.7 Å². The molecule has 0 atom stereocenters. The first kappa shape index (κ1) is 15.9. The number of halogens is 1. The molecule has 0 aromatic rings. The topological polar surface area (TPSA) is 42.2 Å². The molecule has 104 valence electrons. The maximum atomic E-state index is 13.8. The molecule has 1 saturated heterocycles. The van der Waals surface area contributed by atoms with Gasteiger partial charge >= 0.3 is 7.12 Å². The number of hydrogen-bond donors (Lipinski definition) is 0. The van der Waals surface area contributed by atoms with E-state index in [1.165, 1.54) is 6.08 Å². The van der Waals surface area contributed by atoms with Crippen molar-refractivity contribution in [2.45, 2.75) is 58.6 Å². The van der Waals surface area contributed by atoms with Crippen LogP contribution < -0.4 is 0 Å². The zero-order valence-electron chi connectivity index (χ0n) is 12.3. The quantitative estimate of drug-likeness (QED) is 0.441. The summed E-state index contributed by atoms with van der Waals surface area (Å²) in [7, 11) is -0.475. The van der Waals surface area contributed by atoms with Crippen molar-refractivity contribution in [1.29, 1.82) is 5.26 Å². The Labute approximate surface area is 115 Å². The van der Waals surface area contributed by atoms with Gasteiger partial charge in [0.15, 0.2) is 0 Å². The highest BCUT2D eigenvalue weighted by Crippen LogP contribution is 2.37. The summed E-state index contributed by atoms with van der Waals surface area (Å²) in [6.07, 6.45) is 3.84. The van der Waals surface area contributed by atoms with E-state index in [1.54, 1.807) is 6.08 Å². The predicted octanol–water partition coefficient (Wildman–Crippen LogP) is 3.79. The molecule has 19 heavy (non-hydrogen) atoms. The van der Waals surface area contributed by atoms with Crippen LogP contribution in [0.5, 0.6) is 0 Å². The maximum absolute atomic E-state index is 13.8. The van der Waals surface area contributed by atoms with E-state index in [0.29, 0.717) is 12.7 Å². The Balaban J connectivity index is 2.69. The summed E-state index contributed by atoms with van der Waals surface area (Å²) in [6.45, 7) is 9.66. The van der Waals surface area contributed by atoms with Gasteiger partial charge in [-0.05, 0) is 40.2 Å². The van der Waals surface area contributed by atoms with Crippen LogP contribution in [0.1, 0.15) is 41.0 Å². The van der Waals surface area contributed by atoms with Crippen LogP contribution in [0.2, 0.25) is 6.32 Å². The van der Waals surface area contributed by atoms with E-state index in [0.717, 1.165) is 0 Å². The summed E-state index contributed by atoms with van der Waals surface area (Å²) < 4.78 is 25.3. The maximum Gasteiger partial charge on any atom is 0.461 e. The van der Waals surface area contributed by atoms with Crippen molar-refractivity contribution >= 4 is 7.12 Å². The normalized spacial score (nSPS) is 22.5. The molecule has 1 aliphatic rings. The highest BCUT2D eigenvalue weighted by atomic mass is 19.1. The van der Waals surface area contributed by atoms with Crippen molar-refractivity contribution in [2.24, 2.45) is 0 Å². The van der Waals surface area contributed by atoms with Crippen LogP contribution in [-0.4, -0.2) is 18.3 Å². The van der Waals surface area contributed by atoms with E-state index in [2.05, 4.69) is 0 Å². The third kappa shape index (κ3) is 3.68. The van der Waals surface area contributed by atoms with Gasteiger partial charge in [0.2, 0.25) is 0 Å². The Morgan fingerprint density at radius 1 is 1.21 bits per heavy atom. The molecule has 1 aliphatic heterocycles. The molecule has 0 radical (unpaired) electrons. The molecule has 1 rings (SSSR count). The average Bonchev–Trinajstić information content (AvgIpc) is 2.52. The number of rotatable bonds is 4. The van der Waals surface area contributed by atoms with Crippen LogP contribution in [-0.2, 0) is 9.31 Å². The molecule has 0 N–H and O–H groups in total. The molecule has 0 amide bonds. The summed E-state index contributed by atoms with van der Waals surface area (Å²) >= 11 is 0. The molecule has 0 saturated carbocycles. The molecule has 3 nitrogen and oxygen atoms in total. The third-order valence-corrected chi connectivity index (χ3v) is 3.58. The number of nitriles is 1. The van der Waals surface area contributed by atoms with Crippen molar-refractivity contribution in [3.8, 4) is 6.07 Å². The van der Waals surface area contributed by atoms with Gasteiger partial charge in [0.05, 0.1) is 16.8 Å². The third-order valence-electron chi connectivity index (χ3n) is 3.58. The van der Waals surface area contributed by atoms with Gasteiger partial charge in [-0.25, -0.2) is 4.39 Å². The molecule has 0 aromatic carbocycles. The van der Waals surface area contributed by atoms with Crippen molar-refractivity contribution in [3.05, 3.63) is 23.6 Å². The second-order valence-electron chi connectivity index (χ2n) is 5.61. The van der Waals surface area contributed by atoms with E-state index < -0.39 is 24.1 Å². The lowest BCUT2D eigenvalue weighted by Crippen LogP contribution is -2.41. The molecule has 0 spiro atoms. The molecular formula is C14H21BFNO2. The minimum absolute atomic E-state index is 0.0685. The van der Waals surface area contributed by atoms with E-state index in [4.69, 9.17) is 14.6 Å². The lowest BCUT2D eigenvalue weighted by Gasteiger charge is -2.32. The monoisotopic (exact) mass is 265 g/mol. The molecule has 0 aliphatic carbocycles. The minimum atomic E-state index is -0.515. The largest absolute Gasteiger partial charge is 0.461 e. The summed E-state index contributed by atoms with van der Waals surface area (Å²) in [5.74, 6) is -0.515. The van der Waals surface area contributed by atoms with Gasteiger partial charge in [0, 0.05) is 6.32 Å².